The molecule has 1 aliphatic carbocycles. The Hall–Kier alpha value is -2.34. The summed E-state index contributed by atoms with van der Waals surface area (Å²) in [5, 5.41) is 18.4. The van der Waals surface area contributed by atoms with E-state index in [0.717, 1.165) is 31.1 Å². The molecule has 0 bridgehead atoms. The van der Waals surface area contributed by atoms with Crippen molar-refractivity contribution in [3.63, 3.8) is 0 Å². The maximum Gasteiger partial charge on any atom is 0.303 e. The van der Waals surface area contributed by atoms with Crippen LogP contribution in [0.1, 0.15) is 57.6 Å². The molecule has 9 heteroatoms. The number of fused-ring (bicyclic) bond motifs is 1. The number of hydrogen-bond donors (Lipinski definition) is 3. The molecular weight excluding hydrogens is 408 g/mol. The van der Waals surface area contributed by atoms with Crippen molar-refractivity contribution in [1.82, 2.24) is 14.5 Å². The number of hydrogen-bond acceptors (Lipinski definition) is 6. The predicted octanol–water partition coefficient (Wildman–Crippen LogP) is 3.63. The Labute approximate surface area is 181 Å². The van der Waals surface area contributed by atoms with Crippen molar-refractivity contribution in [2.24, 2.45) is 5.92 Å². The fourth-order valence-corrected chi connectivity index (χ4v) is 4.10. The molecule has 1 saturated carbocycles. The molecule has 2 aliphatic rings. The van der Waals surface area contributed by atoms with E-state index < -0.39 is 5.97 Å². The van der Waals surface area contributed by atoms with Crippen LogP contribution in [0.5, 0.6) is 0 Å². The van der Waals surface area contributed by atoms with E-state index in [9.17, 15) is 4.79 Å². The molecule has 2 fully saturated rings. The van der Waals surface area contributed by atoms with Gasteiger partial charge in [0, 0.05) is 12.6 Å². The summed E-state index contributed by atoms with van der Waals surface area (Å²) >= 11 is 5.82. The molecule has 0 spiro atoms. The van der Waals surface area contributed by atoms with E-state index in [-0.39, 0.29) is 24.2 Å². The number of aliphatic hydroxyl groups excluding tert-OH is 1. The molecule has 2 atom stereocenters. The van der Waals surface area contributed by atoms with Gasteiger partial charge in [0.15, 0.2) is 0 Å². The number of ether oxygens (including phenoxy) is 1. The highest BCUT2D eigenvalue weighted by molar-refractivity contribution is 6.28. The van der Waals surface area contributed by atoms with Crippen molar-refractivity contribution in [3.8, 4) is 12.8 Å². The van der Waals surface area contributed by atoms with Gasteiger partial charge in [-0.25, -0.2) is 4.98 Å². The first-order chi connectivity index (χ1) is 14.5. The first-order valence-corrected chi connectivity index (χ1v) is 10.5. The third-order valence-corrected chi connectivity index (χ3v) is 5.53. The van der Waals surface area contributed by atoms with Crippen LogP contribution in [0.25, 0.3) is 11.0 Å². The van der Waals surface area contributed by atoms with Gasteiger partial charge in [0.2, 0.25) is 5.28 Å². The van der Waals surface area contributed by atoms with Crippen LogP contribution >= 0.6 is 11.6 Å². The highest BCUT2D eigenvalue weighted by atomic mass is 35.5. The smallest absolute Gasteiger partial charge is 0.303 e. The van der Waals surface area contributed by atoms with Gasteiger partial charge in [-0.15, -0.1) is 12.8 Å². The number of nitrogen functional groups attached to an aromatic ring is 1. The number of carboxylic acids is 1. The van der Waals surface area contributed by atoms with E-state index in [0.29, 0.717) is 23.8 Å². The lowest BCUT2D eigenvalue weighted by atomic mass is 9.87. The fourth-order valence-electron chi connectivity index (χ4n) is 3.93. The maximum atomic E-state index is 10.3. The molecule has 0 aromatic carbocycles. The summed E-state index contributed by atoms with van der Waals surface area (Å²) in [6, 6.07) is 1.84. The Balaban J connectivity index is 0.000000228. The summed E-state index contributed by atoms with van der Waals surface area (Å²) in [5.74, 6) is 0.207. The van der Waals surface area contributed by atoms with Crippen LogP contribution in [0.4, 0.5) is 5.82 Å². The monoisotopic (exact) mass is 436 g/mol. The van der Waals surface area contributed by atoms with Crippen molar-refractivity contribution in [2.45, 2.75) is 63.7 Å². The third kappa shape index (κ3) is 6.33. The predicted molar refractivity (Wildman–Crippen MR) is 116 cm³/mol. The summed E-state index contributed by atoms with van der Waals surface area (Å²) < 4.78 is 7.60. The average Bonchev–Trinajstić information content (AvgIpc) is 3.37. The standard InChI is InChI=1S/C11H13ClN4O2.C8H14O2.C2H2/c12-11-14-9(13)7-3-4-16(10(7)15-11)8-2-1-6(5-17)18-8;9-8(10)6-7-4-2-1-3-5-7;1-2/h3-4,6,8,17H,1-2,5H2,(H2,13,14,15);7H,1-6H2,(H,9,10);1-2H/t6-,8+;;/m0../s1. The highest BCUT2D eigenvalue weighted by Crippen LogP contribution is 2.32. The lowest BCUT2D eigenvalue weighted by molar-refractivity contribution is -0.138. The van der Waals surface area contributed by atoms with Crippen molar-refractivity contribution >= 4 is 34.4 Å². The van der Waals surface area contributed by atoms with Crippen LogP contribution < -0.4 is 5.73 Å². The number of terminal acetylenes is 1. The highest BCUT2D eigenvalue weighted by Gasteiger charge is 2.27. The Bertz CT molecular complexity index is 848. The van der Waals surface area contributed by atoms with Gasteiger partial charge >= 0.3 is 5.97 Å². The van der Waals surface area contributed by atoms with Crippen LogP contribution in [0.15, 0.2) is 12.3 Å². The molecule has 1 aliphatic heterocycles. The van der Waals surface area contributed by atoms with Gasteiger partial charge in [0.1, 0.15) is 17.7 Å². The molecular formula is C21H29ClN4O4. The zero-order valence-electron chi connectivity index (χ0n) is 16.9. The summed E-state index contributed by atoms with van der Waals surface area (Å²) in [6.45, 7) is 0.0353. The fraction of sp³-hybridized carbons (Fsp3) is 0.571. The minimum absolute atomic E-state index is 0.0353. The molecule has 0 amide bonds. The largest absolute Gasteiger partial charge is 0.481 e. The van der Waals surface area contributed by atoms with E-state index in [1.807, 2.05) is 16.8 Å². The van der Waals surface area contributed by atoms with Gasteiger partial charge in [-0.2, -0.15) is 4.98 Å². The number of carbonyl (C=O) groups is 1. The second-order valence-electron chi connectivity index (χ2n) is 7.41. The van der Waals surface area contributed by atoms with Crippen molar-refractivity contribution in [2.75, 3.05) is 12.3 Å². The van der Waals surface area contributed by atoms with Crippen LogP contribution in [0, 0.1) is 18.8 Å². The maximum absolute atomic E-state index is 10.3. The van der Waals surface area contributed by atoms with E-state index >= 15 is 0 Å². The molecule has 164 valence electrons. The van der Waals surface area contributed by atoms with Gasteiger partial charge in [-0.3, -0.25) is 4.79 Å². The number of anilines is 1. The molecule has 1 saturated heterocycles. The number of carboxylic acid groups (broad SMARTS) is 1. The molecule has 4 N–H and O–H groups in total. The Morgan fingerprint density at radius 1 is 1.23 bits per heavy atom. The number of nitrogens with zero attached hydrogens (tertiary/aromatic N) is 3. The first-order valence-electron chi connectivity index (χ1n) is 10.1. The summed E-state index contributed by atoms with van der Waals surface area (Å²) in [6.07, 6.45) is 17.7. The van der Waals surface area contributed by atoms with Gasteiger partial charge in [0.25, 0.3) is 0 Å². The Morgan fingerprint density at radius 3 is 2.53 bits per heavy atom. The normalized spacial score (nSPS) is 21.3. The zero-order valence-corrected chi connectivity index (χ0v) is 17.7. The van der Waals surface area contributed by atoms with E-state index in [1.54, 1.807) is 0 Å². The lowest BCUT2D eigenvalue weighted by Crippen LogP contribution is -2.14. The molecule has 8 nitrogen and oxygen atoms in total. The van der Waals surface area contributed by atoms with E-state index in [4.69, 9.17) is 32.3 Å². The first kappa shape index (κ1) is 23.9. The van der Waals surface area contributed by atoms with Gasteiger partial charge in [-0.05, 0) is 49.3 Å². The molecule has 3 heterocycles. The number of aliphatic carboxylic acids is 1. The molecule has 2 aromatic rings. The summed E-state index contributed by atoms with van der Waals surface area (Å²) in [7, 11) is 0. The lowest BCUT2D eigenvalue weighted by Gasteiger charge is -2.18. The van der Waals surface area contributed by atoms with Crippen molar-refractivity contribution in [1.29, 1.82) is 0 Å². The van der Waals surface area contributed by atoms with Gasteiger partial charge in [-0.1, -0.05) is 19.3 Å². The average molecular weight is 437 g/mol. The van der Waals surface area contributed by atoms with Crippen LogP contribution in [0.2, 0.25) is 5.28 Å². The van der Waals surface area contributed by atoms with E-state index in [1.165, 1.54) is 19.3 Å². The molecule has 0 unspecified atom stereocenters. The van der Waals surface area contributed by atoms with Crippen LogP contribution in [-0.4, -0.2) is 43.4 Å². The molecule has 30 heavy (non-hydrogen) atoms. The number of nitrogens with two attached hydrogens (primary N) is 1. The second kappa shape index (κ2) is 11.7. The second-order valence-corrected chi connectivity index (χ2v) is 7.75. The Kier molecular flexibility index (Phi) is 9.37. The van der Waals surface area contributed by atoms with Crippen molar-refractivity contribution in [3.05, 3.63) is 17.5 Å². The molecule has 0 radical (unpaired) electrons. The molecule has 2 aromatic heterocycles. The number of aliphatic hydroxyl groups is 1. The van der Waals surface area contributed by atoms with E-state index in [2.05, 4.69) is 22.8 Å². The third-order valence-electron chi connectivity index (χ3n) is 5.36. The van der Waals surface area contributed by atoms with Crippen LogP contribution in [-0.2, 0) is 9.53 Å². The minimum Gasteiger partial charge on any atom is -0.481 e. The van der Waals surface area contributed by atoms with Gasteiger partial charge in [0.05, 0.1) is 18.1 Å². The number of aromatic nitrogens is 3. The zero-order chi connectivity index (χ0) is 22.1. The minimum atomic E-state index is -0.632. The molecule has 4 rings (SSSR count). The topological polar surface area (TPSA) is 123 Å². The number of rotatable bonds is 4. The van der Waals surface area contributed by atoms with Crippen molar-refractivity contribution < 1.29 is 19.7 Å². The SMILES string of the molecule is C#C.Nc1nc(Cl)nc2c1ccn2[C@H]1CC[C@@H](CO)O1.O=C(O)CC1CCCCC1. The Morgan fingerprint density at radius 2 is 1.93 bits per heavy atom. The van der Waals surface area contributed by atoms with Gasteiger partial charge < -0.3 is 25.3 Å². The quantitative estimate of drug-likeness (QED) is 0.493. The summed E-state index contributed by atoms with van der Waals surface area (Å²) in [4.78, 5) is 18.4. The number of halogens is 1. The van der Waals surface area contributed by atoms with Crippen LogP contribution in [0.3, 0.4) is 0 Å². The summed E-state index contributed by atoms with van der Waals surface area (Å²) in [5.41, 5.74) is 6.46.